The van der Waals surface area contributed by atoms with Gasteiger partial charge in [0.2, 0.25) is 0 Å². The van der Waals surface area contributed by atoms with Gasteiger partial charge in [0.05, 0.1) is 5.71 Å². The first-order chi connectivity index (χ1) is 8.24. The van der Waals surface area contributed by atoms with Gasteiger partial charge in [0.25, 0.3) is 0 Å². The van der Waals surface area contributed by atoms with Crippen molar-refractivity contribution in [1.82, 2.24) is 9.80 Å². The molecule has 0 aliphatic carbocycles. The number of likely N-dealkylation sites (N-methyl/N-ethyl adjacent to an activating group) is 1. The van der Waals surface area contributed by atoms with Gasteiger partial charge in [0.1, 0.15) is 0 Å². The second kappa shape index (κ2) is 7.67. The van der Waals surface area contributed by atoms with Crippen LogP contribution in [0.15, 0.2) is 5.16 Å². The van der Waals surface area contributed by atoms with Gasteiger partial charge in [-0.05, 0) is 19.5 Å². The molecule has 0 aromatic carbocycles. The average molecular weight is 241 g/mol. The highest BCUT2D eigenvalue weighted by Crippen LogP contribution is 2.17. The van der Waals surface area contributed by atoms with E-state index in [1.165, 1.54) is 0 Å². The Bertz CT molecular complexity index is 239. The van der Waals surface area contributed by atoms with Gasteiger partial charge in [-0.2, -0.15) is 0 Å². The number of rotatable bonds is 6. The molecule has 0 radical (unpaired) electrons. The molecule has 1 aliphatic heterocycles. The van der Waals surface area contributed by atoms with Crippen LogP contribution in [0.2, 0.25) is 0 Å². The summed E-state index contributed by atoms with van der Waals surface area (Å²) in [5, 5.41) is 12.4. The maximum Gasteiger partial charge on any atom is 0.0627 e. The van der Waals surface area contributed by atoms with Gasteiger partial charge in [-0.25, -0.2) is 0 Å². The number of nitrogens with zero attached hydrogens (tertiary/aromatic N) is 3. The summed E-state index contributed by atoms with van der Waals surface area (Å²) in [6.45, 7) is 13.2. The van der Waals surface area contributed by atoms with Crippen molar-refractivity contribution in [1.29, 1.82) is 0 Å². The molecular formula is C13H27N3O. The van der Waals surface area contributed by atoms with Crippen molar-refractivity contribution in [3.63, 3.8) is 0 Å². The van der Waals surface area contributed by atoms with E-state index in [-0.39, 0.29) is 0 Å². The Morgan fingerprint density at radius 3 is 2.59 bits per heavy atom. The van der Waals surface area contributed by atoms with E-state index in [9.17, 15) is 0 Å². The fourth-order valence-electron chi connectivity index (χ4n) is 2.51. The Hall–Kier alpha value is -0.610. The van der Waals surface area contributed by atoms with Crippen LogP contribution < -0.4 is 0 Å². The number of hydrogen-bond donors (Lipinski definition) is 1. The molecule has 4 nitrogen and oxygen atoms in total. The lowest BCUT2D eigenvalue weighted by Gasteiger charge is -2.34. The van der Waals surface area contributed by atoms with Crippen LogP contribution in [0.4, 0.5) is 0 Å². The second-order valence-electron chi connectivity index (χ2n) is 4.77. The van der Waals surface area contributed by atoms with Crippen LogP contribution in [0.25, 0.3) is 0 Å². The first-order valence-electron chi connectivity index (χ1n) is 6.90. The quantitative estimate of drug-likeness (QED) is 0.570. The SMILES string of the molecule is CCC1CN(CCN(CC)CC)CCC1=NO. The monoisotopic (exact) mass is 241 g/mol. The molecule has 1 aliphatic rings. The molecule has 1 N–H and O–H groups in total. The third-order valence-electron chi connectivity index (χ3n) is 3.88. The minimum absolute atomic E-state index is 0.449. The third-order valence-corrected chi connectivity index (χ3v) is 3.88. The van der Waals surface area contributed by atoms with Crippen molar-refractivity contribution in [3.8, 4) is 0 Å². The fourth-order valence-corrected chi connectivity index (χ4v) is 2.51. The van der Waals surface area contributed by atoms with Gasteiger partial charge in [0, 0.05) is 38.5 Å². The summed E-state index contributed by atoms with van der Waals surface area (Å²) in [6, 6.07) is 0. The molecule has 1 heterocycles. The summed E-state index contributed by atoms with van der Waals surface area (Å²) in [5.41, 5.74) is 0.992. The molecule has 4 heteroatoms. The van der Waals surface area contributed by atoms with E-state index >= 15 is 0 Å². The van der Waals surface area contributed by atoms with E-state index in [4.69, 9.17) is 5.21 Å². The van der Waals surface area contributed by atoms with E-state index in [0.717, 1.165) is 57.8 Å². The number of hydrogen-bond acceptors (Lipinski definition) is 4. The Balaban J connectivity index is 2.37. The zero-order chi connectivity index (χ0) is 12.7. The molecule has 0 aromatic rings. The third kappa shape index (κ3) is 4.28. The van der Waals surface area contributed by atoms with Gasteiger partial charge in [-0.3, -0.25) is 0 Å². The molecule has 100 valence electrons. The van der Waals surface area contributed by atoms with Crippen LogP contribution in [-0.4, -0.2) is 60.0 Å². The molecule has 0 aromatic heterocycles. The van der Waals surface area contributed by atoms with E-state index in [1.807, 2.05) is 0 Å². The predicted octanol–water partition coefficient (Wildman–Crippen LogP) is 1.89. The van der Waals surface area contributed by atoms with E-state index in [1.54, 1.807) is 0 Å². The van der Waals surface area contributed by atoms with Crippen molar-refractivity contribution < 1.29 is 5.21 Å². The smallest absolute Gasteiger partial charge is 0.0627 e. The van der Waals surface area contributed by atoms with Crippen molar-refractivity contribution in [3.05, 3.63) is 0 Å². The van der Waals surface area contributed by atoms with Gasteiger partial charge in [-0.15, -0.1) is 0 Å². The van der Waals surface area contributed by atoms with E-state index in [0.29, 0.717) is 5.92 Å². The fraction of sp³-hybridized carbons (Fsp3) is 0.923. The summed E-state index contributed by atoms with van der Waals surface area (Å²) in [5.74, 6) is 0.449. The van der Waals surface area contributed by atoms with Crippen LogP contribution in [-0.2, 0) is 0 Å². The van der Waals surface area contributed by atoms with Crippen LogP contribution in [0.5, 0.6) is 0 Å². The Morgan fingerprint density at radius 1 is 1.35 bits per heavy atom. The van der Waals surface area contributed by atoms with Crippen LogP contribution in [0.3, 0.4) is 0 Å². The lowest BCUT2D eigenvalue weighted by atomic mass is 9.93. The van der Waals surface area contributed by atoms with E-state index < -0.39 is 0 Å². The summed E-state index contributed by atoms with van der Waals surface area (Å²) >= 11 is 0. The topological polar surface area (TPSA) is 39.1 Å². The Labute approximate surface area is 105 Å². The van der Waals surface area contributed by atoms with Gasteiger partial charge in [-0.1, -0.05) is 25.9 Å². The largest absolute Gasteiger partial charge is 0.411 e. The zero-order valence-corrected chi connectivity index (χ0v) is 11.5. The summed E-state index contributed by atoms with van der Waals surface area (Å²) in [6.07, 6.45) is 1.99. The molecule has 0 spiro atoms. The molecule has 1 rings (SSSR count). The minimum Gasteiger partial charge on any atom is -0.411 e. The molecule has 0 bridgehead atoms. The lowest BCUT2D eigenvalue weighted by molar-refractivity contribution is 0.190. The maximum atomic E-state index is 8.93. The normalized spacial score (nSPS) is 24.7. The van der Waals surface area contributed by atoms with Crippen molar-refractivity contribution in [2.24, 2.45) is 11.1 Å². The average Bonchev–Trinajstić information content (AvgIpc) is 2.39. The van der Waals surface area contributed by atoms with Crippen molar-refractivity contribution in [2.75, 3.05) is 39.3 Å². The number of likely N-dealkylation sites (tertiary alicyclic amines) is 1. The number of oxime groups is 1. The molecule has 1 fully saturated rings. The van der Waals surface area contributed by atoms with Crippen LogP contribution in [0, 0.1) is 5.92 Å². The highest BCUT2D eigenvalue weighted by Gasteiger charge is 2.24. The molecule has 17 heavy (non-hydrogen) atoms. The highest BCUT2D eigenvalue weighted by molar-refractivity contribution is 5.87. The molecule has 0 saturated carbocycles. The Morgan fingerprint density at radius 2 is 2.06 bits per heavy atom. The standard InChI is InChI=1S/C13H27N3O/c1-4-12-11-16(8-7-13(12)14-17)10-9-15(5-2)6-3/h12,17H,4-11H2,1-3H3. The van der Waals surface area contributed by atoms with Gasteiger partial charge in [0.15, 0.2) is 0 Å². The van der Waals surface area contributed by atoms with Crippen molar-refractivity contribution >= 4 is 5.71 Å². The molecule has 1 atom stereocenters. The van der Waals surface area contributed by atoms with Gasteiger partial charge < -0.3 is 15.0 Å². The van der Waals surface area contributed by atoms with E-state index in [2.05, 4.69) is 35.7 Å². The van der Waals surface area contributed by atoms with Crippen LogP contribution in [0.1, 0.15) is 33.6 Å². The molecule has 1 saturated heterocycles. The molecular weight excluding hydrogens is 214 g/mol. The highest BCUT2D eigenvalue weighted by atomic mass is 16.4. The van der Waals surface area contributed by atoms with Crippen LogP contribution >= 0.6 is 0 Å². The lowest BCUT2D eigenvalue weighted by Crippen LogP contribution is -2.44. The molecule has 1 unspecified atom stereocenters. The second-order valence-corrected chi connectivity index (χ2v) is 4.77. The van der Waals surface area contributed by atoms with Crippen molar-refractivity contribution in [2.45, 2.75) is 33.6 Å². The summed E-state index contributed by atoms with van der Waals surface area (Å²) < 4.78 is 0. The maximum absolute atomic E-state index is 8.93. The predicted molar refractivity (Wildman–Crippen MR) is 71.8 cm³/mol. The molecule has 0 amide bonds. The minimum atomic E-state index is 0.449. The number of piperidine rings is 1. The van der Waals surface area contributed by atoms with Gasteiger partial charge >= 0.3 is 0 Å². The summed E-state index contributed by atoms with van der Waals surface area (Å²) in [7, 11) is 0. The Kier molecular flexibility index (Phi) is 6.52. The zero-order valence-electron chi connectivity index (χ0n) is 11.5. The summed E-state index contributed by atoms with van der Waals surface area (Å²) in [4.78, 5) is 4.96. The first kappa shape index (κ1) is 14.5. The first-order valence-corrected chi connectivity index (χ1v) is 6.90.